The van der Waals surface area contributed by atoms with Crippen molar-refractivity contribution in [3.05, 3.63) is 64.1 Å². The van der Waals surface area contributed by atoms with Gasteiger partial charge in [-0.2, -0.15) is 0 Å². The second-order valence-corrected chi connectivity index (χ2v) is 7.02. The summed E-state index contributed by atoms with van der Waals surface area (Å²) in [5, 5.41) is 16.3. The van der Waals surface area contributed by atoms with Crippen molar-refractivity contribution in [3.8, 4) is 0 Å². The van der Waals surface area contributed by atoms with E-state index in [1.807, 2.05) is 0 Å². The lowest BCUT2D eigenvalue weighted by Gasteiger charge is -2.12. The summed E-state index contributed by atoms with van der Waals surface area (Å²) in [6, 6.07) is 6.40. The molecule has 2 aromatic heterocycles. The Balaban J connectivity index is 1.88. The van der Waals surface area contributed by atoms with Crippen LogP contribution < -0.4 is 22.1 Å². The predicted octanol–water partition coefficient (Wildman–Crippen LogP) is 2.39. The molecule has 7 N–H and O–H groups in total. The minimum atomic E-state index is -0.372. The van der Waals surface area contributed by atoms with Crippen LogP contribution in [0.4, 0.5) is 21.7 Å². The maximum Gasteiger partial charge on any atom is 0.221 e. The van der Waals surface area contributed by atoms with E-state index in [0.717, 1.165) is 0 Å². The van der Waals surface area contributed by atoms with Crippen LogP contribution in [0.2, 0.25) is 0 Å². The first-order valence-corrected chi connectivity index (χ1v) is 9.61. The summed E-state index contributed by atoms with van der Waals surface area (Å²) in [4.78, 5) is 23.6. The molecule has 9 nitrogen and oxygen atoms in total. The number of benzene rings is 1. The van der Waals surface area contributed by atoms with Gasteiger partial charge in [-0.25, -0.2) is 19.3 Å². The molecule has 0 aliphatic heterocycles. The van der Waals surface area contributed by atoms with Crippen molar-refractivity contribution in [1.82, 2.24) is 20.3 Å². The molecule has 0 unspecified atom stereocenters. The number of aromatic nitrogens is 3. The number of nitrogens with zero attached hydrogens (tertiary/aromatic N) is 3. The Morgan fingerprint density at radius 2 is 1.97 bits per heavy atom. The van der Waals surface area contributed by atoms with E-state index in [-0.39, 0.29) is 47.1 Å². The normalized spacial score (nSPS) is 11.2. The van der Waals surface area contributed by atoms with Crippen LogP contribution in [0.15, 0.2) is 41.9 Å². The van der Waals surface area contributed by atoms with Crippen LogP contribution in [0.25, 0.3) is 5.70 Å². The number of amides is 1. The highest BCUT2D eigenvalue weighted by Crippen LogP contribution is 2.23. The Labute approximate surface area is 175 Å². The van der Waals surface area contributed by atoms with Gasteiger partial charge in [-0.1, -0.05) is 18.2 Å². The minimum absolute atomic E-state index is 0.0270. The van der Waals surface area contributed by atoms with Gasteiger partial charge in [0.25, 0.3) is 0 Å². The third kappa shape index (κ3) is 4.94. The van der Waals surface area contributed by atoms with Gasteiger partial charge in [0.05, 0.1) is 5.70 Å². The van der Waals surface area contributed by atoms with Gasteiger partial charge in [0.1, 0.15) is 22.2 Å². The first kappa shape index (κ1) is 20.9. The lowest BCUT2D eigenvalue weighted by atomic mass is 10.2. The highest BCUT2D eigenvalue weighted by molar-refractivity contribution is 7.10. The number of allylic oxidation sites excluding steroid dienone is 1. The van der Waals surface area contributed by atoms with Crippen LogP contribution >= 0.6 is 11.3 Å². The van der Waals surface area contributed by atoms with Gasteiger partial charge in [0.15, 0.2) is 17.5 Å². The Bertz CT molecular complexity index is 1090. The van der Waals surface area contributed by atoms with Crippen molar-refractivity contribution in [2.45, 2.75) is 13.5 Å². The molecule has 0 radical (unpaired) electrons. The molecule has 0 spiro atoms. The van der Waals surface area contributed by atoms with Gasteiger partial charge < -0.3 is 22.1 Å². The molecule has 1 aromatic carbocycles. The summed E-state index contributed by atoms with van der Waals surface area (Å²) in [6.07, 6.45) is 3.09. The van der Waals surface area contributed by atoms with Gasteiger partial charge in [0, 0.05) is 30.6 Å². The number of hydrogen-bond donors (Lipinski definition) is 5. The van der Waals surface area contributed by atoms with Gasteiger partial charge in [-0.3, -0.25) is 10.2 Å². The van der Waals surface area contributed by atoms with Crippen molar-refractivity contribution in [2.75, 3.05) is 16.8 Å². The average Bonchev–Trinajstić information content (AvgIpc) is 3.23. The minimum Gasteiger partial charge on any atom is -0.382 e. The SMILES string of the molecule is CC(=O)Nc1c(N)nc(C(=N)/C=C(\NCc2ccccc2F)c2nccs2)nc1N. The zero-order chi connectivity index (χ0) is 21.7. The van der Waals surface area contributed by atoms with E-state index in [2.05, 4.69) is 25.6 Å². The third-order valence-corrected chi connectivity index (χ3v) is 4.69. The number of halogens is 1. The van der Waals surface area contributed by atoms with Crippen molar-refractivity contribution in [1.29, 1.82) is 5.41 Å². The molecule has 0 saturated carbocycles. The van der Waals surface area contributed by atoms with Crippen LogP contribution in [0.1, 0.15) is 23.3 Å². The number of carbonyl (C=O) groups is 1. The quantitative estimate of drug-likeness (QED) is 0.363. The standard InChI is InChI=1S/C19H19FN8OS/c1-10(29)26-15-16(22)27-18(28-17(15)23)13(21)8-14(19-24-6-7-30-19)25-9-11-4-2-3-5-12(11)20/h2-8,21,25H,9H2,1H3,(H,26,29)(H4,22,23,27,28)/b14-8-,21-13?. The van der Waals surface area contributed by atoms with Gasteiger partial charge in [0.2, 0.25) is 5.91 Å². The number of nitrogens with two attached hydrogens (primary N) is 2. The molecular formula is C19H19FN8OS. The average molecular weight is 426 g/mol. The topological polar surface area (TPSA) is 156 Å². The highest BCUT2D eigenvalue weighted by Gasteiger charge is 2.15. The van der Waals surface area contributed by atoms with E-state index in [9.17, 15) is 9.18 Å². The number of nitrogen functional groups attached to an aromatic ring is 2. The first-order valence-electron chi connectivity index (χ1n) is 8.73. The lowest BCUT2D eigenvalue weighted by Crippen LogP contribution is -2.17. The van der Waals surface area contributed by atoms with E-state index in [1.54, 1.807) is 29.8 Å². The molecule has 154 valence electrons. The Morgan fingerprint density at radius 3 is 2.57 bits per heavy atom. The molecular weight excluding hydrogens is 407 g/mol. The molecule has 0 aliphatic carbocycles. The predicted molar refractivity (Wildman–Crippen MR) is 115 cm³/mol. The number of carbonyl (C=O) groups excluding carboxylic acids is 1. The van der Waals surface area contributed by atoms with Crippen molar-refractivity contribution in [2.24, 2.45) is 0 Å². The summed E-state index contributed by atoms with van der Waals surface area (Å²) >= 11 is 1.35. The number of anilines is 3. The summed E-state index contributed by atoms with van der Waals surface area (Å²) in [5.74, 6) is -0.845. The second kappa shape index (κ2) is 9.09. The first-order chi connectivity index (χ1) is 14.3. The van der Waals surface area contributed by atoms with Crippen molar-refractivity contribution in [3.63, 3.8) is 0 Å². The maximum absolute atomic E-state index is 13.9. The highest BCUT2D eigenvalue weighted by atomic mass is 32.1. The van der Waals surface area contributed by atoms with Crippen molar-refractivity contribution >= 4 is 46.0 Å². The number of hydrogen-bond acceptors (Lipinski definition) is 9. The zero-order valence-electron chi connectivity index (χ0n) is 15.9. The van der Waals surface area contributed by atoms with E-state index in [0.29, 0.717) is 16.3 Å². The zero-order valence-corrected chi connectivity index (χ0v) is 16.8. The smallest absolute Gasteiger partial charge is 0.221 e. The molecule has 0 fully saturated rings. The fourth-order valence-electron chi connectivity index (χ4n) is 2.51. The lowest BCUT2D eigenvalue weighted by molar-refractivity contribution is -0.114. The van der Waals surface area contributed by atoms with E-state index in [1.165, 1.54) is 30.4 Å². The van der Waals surface area contributed by atoms with Crippen molar-refractivity contribution < 1.29 is 9.18 Å². The summed E-state index contributed by atoms with van der Waals surface area (Å²) in [7, 11) is 0. The molecule has 1 amide bonds. The van der Waals surface area contributed by atoms with Gasteiger partial charge >= 0.3 is 0 Å². The molecule has 2 heterocycles. The van der Waals surface area contributed by atoms with E-state index >= 15 is 0 Å². The van der Waals surface area contributed by atoms with Crippen LogP contribution in [0, 0.1) is 11.2 Å². The Hall–Kier alpha value is -3.86. The van der Waals surface area contributed by atoms with Crippen LogP contribution in [0.5, 0.6) is 0 Å². The molecule has 0 aliphatic rings. The Kier molecular flexibility index (Phi) is 6.32. The molecule has 0 saturated heterocycles. The molecule has 3 rings (SSSR count). The second-order valence-electron chi connectivity index (χ2n) is 6.13. The van der Waals surface area contributed by atoms with Crippen LogP contribution in [0.3, 0.4) is 0 Å². The number of rotatable bonds is 7. The third-order valence-electron chi connectivity index (χ3n) is 3.89. The summed E-state index contributed by atoms with van der Waals surface area (Å²) < 4.78 is 13.9. The van der Waals surface area contributed by atoms with Crippen LogP contribution in [-0.4, -0.2) is 26.6 Å². The molecule has 0 bridgehead atoms. The molecule has 3 aromatic rings. The monoisotopic (exact) mass is 426 g/mol. The largest absolute Gasteiger partial charge is 0.382 e. The fraction of sp³-hybridized carbons (Fsp3) is 0.105. The van der Waals surface area contributed by atoms with E-state index < -0.39 is 0 Å². The molecule has 0 atom stereocenters. The summed E-state index contributed by atoms with van der Waals surface area (Å²) in [5.41, 5.74) is 12.7. The van der Waals surface area contributed by atoms with Crippen LogP contribution in [-0.2, 0) is 11.3 Å². The fourth-order valence-corrected chi connectivity index (χ4v) is 3.14. The molecule has 11 heteroatoms. The molecule has 30 heavy (non-hydrogen) atoms. The van der Waals surface area contributed by atoms with Gasteiger partial charge in [-0.05, 0) is 12.1 Å². The number of nitrogens with one attached hydrogen (secondary N) is 3. The summed E-state index contributed by atoms with van der Waals surface area (Å²) in [6.45, 7) is 1.50. The number of thiazole rings is 1. The van der Waals surface area contributed by atoms with Gasteiger partial charge in [-0.15, -0.1) is 11.3 Å². The van der Waals surface area contributed by atoms with E-state index in [4.69, 9.17) is 16.9 Å². The maximum atomic E-state index is 13.9. The Morgan fingerprint density at radius 1 is 1.27 bits per heavy atom.